The van der Waals surface area contributed by atoms with E-state index in [1.54, 1.807) is 0 Å². The fourth-order valence-corrected chi connectivity index (χ4v) is 2.94. The molecule has 1 aliphatic carbocycles. The van der Waals surface area contributed by atoms with Gasteiger partial charge in [-0.1, -0.05) is 55.8 Å². The summed E-state index contributed by atoms with van der Waals surface area (Å²) in [4.78, 5) is 4.52. The van der Waals surface area contributed by atoms with E-state index in [2.05, 4.69) is 66.6 Å². The van der Waals surface area contributed by atoms with Crippen molar-refractivity contribution in [3.8, 4) is 0 Å². The van der Waals surface area contributed by atoms with Crippen molar-refractivity contribution in [1.82, 2.24) is 15.5 Å². The normalized spacial score (nSPS) is 18.2. The monoisotopic (exact) mass is 299 g/mol. The summed E-state index contributed by atoms with van der Waals surface area (Å²) >= 11 is 0. The first-order valence-corrected chi connectivity index (χ1v) is 8.29. The molecule has 0 radical (unpaired) electrons. The standard InChI is InChI=1S/C18H25N3O/c1-12(2)17-20-18(22-21-17)13(3)19-16(15-10-7-11-15)14-8-5-4-6-9-14/h4-6,8-9,12-13,15-16,19H,7,10-11H2,1-3H3/t13-,16-/m1/s1. The third-order valence-electron chi connectivity index (χ3n) is 4.55. The molecule has 0 saturated heterocycles. The van der Waals surface area contributed by atoms with Crippen molar-refractivity contribution >= 4 is 0 Å². The predicted octanol–water partition coefficient (Wildman–Crippen LogP) is 4.39. The van der Waals surface area contributed by atoms with Gasteiger partial charge in [-0.15, -0.1) is 0 Å². The van der Waals surface area contributed by atoms with E-state index in [1.807, 2.05) is 0 Å². The van der Waals surface area contributed by atoms with Crippen LogP contribution in [0.2, 0.25) is 0 Å². The quantitative estimate of drug-likeness (QED) is 0.859. The minimum atomic E-state index is 0.0609. The van der Waals surface area contributed by atoms with Gasteiger partial charge in [0, 0.05) is 12.0 Å². The first-order valence-electron chi connectivity index (χ1n) is 8.29. The second kappa shape index (κ2) is 6.61. The Bertz CT molecular complexity index is 589. The average Bonchev–Trinajstić information content (AvgIpc) is 2.95. The van der Waals surface area contributed by atoms with Crippen LogP contribution in [0.15, 0.2) is 34.9 Å². The SMILES string of the molecule is CC(C)c1noc([C@@H](C)N[C@H](c2ccccc2)C2CCC2)n1. The van der Waals surface area contributed by atoms with Gasteiger partial charge in [-0.05, 0) is 31.2 Å². The van der Waals surface area contributed by atoms with Crippen LogP contribution < -0.4 is 5.32 Å². The van der Waals surface area contributed by atoms with Crippen LogP contribution in [0.3, 0.4) is 0 Å². The average molecular weight is 299 g/mol. The van der Waals surface area contributed by atoms with Crippen molar-refractivity contribution in [2.24, 2.45) is 5.92 Å². The highest BCUT2D eigenvalue weighted by Crippen LogP contribution is 2.38. The van der Waals surface area contributed by atoms with Crippen LogP contribution in [-0.2, 0) is 0 Å². The Morgan fingerprint density at radius 2 is 1.86 bits per heavy atom. The highest BCUT2D eigenvalue weighted by atomic mass is 16.5. The van der Waals surface area contributed by atoms with Crippen LogP contribution >= 0.6 is 0 Å². The first kappa shape index (κ1) is 15.2. The molecular weight excluding hydrogens is 274 g/mol. The Hall–Kier alpha value is -1.68. The lowest BCUT2D eigenvalue weighted by atomic mass is 9.77. The summed E-state index contributed by atoms with van der Waals surface area (Å²) in [5.41, 5.74) is 1.35. The molecule has 0 aliphatic heterocycles. The Morgan fingerprint density at radius 3 is 2.41 bits per heavy atom. The highest BCUT2D eigenvalue weighted by Gasteiger charge is 2.30. The zero-order valence-electron chi connectivity index (χ0n) is 13.6. The Labute approximate surface area is 132 Å². The lowest BCUT2D eigenvalue weighted by Gasteiger charge is -2.36. The number of rotatable bonds is 6. The minimum Gasteiger partial charge on any atom is -0.338 e. The molecule has 1 saturated carbocycles. The van der Waals surface area contributed by atoms with Crippen LogP contribution in [0, 0.1) is 5.92 Å². The molecule has 3 rings (SSSR count). The molecular formula is C18H25N3O. The summed E-state index contributed by atoms with van der Waals surface area (Å²) < 4.78 is 5.43. The molecule has 1 aromatic heterocycles. The van der Waals surface area contributed by atoms with Crippen LogP contribution in [-0.4, -0.2) is 10.1 Å². The number of aromatic nitrogens is 2. The lowest BCUT2D eigenvalue weighted by molar-refractivity contribution is 0.207. The van der Waals surface area contributed by atoms with Gasteiger partial charge in [-0.3, -0.25) is 5.32 Å². The number of nitrogens with one attached hydrogen (secondary N) is 1. The number of hydrogen-bond acceptors (Lipinski definition) is 4. The van der Waals surface area contributed by atoms with Crippen molar-refractivity contribution < 1.29 is 4.52 Å². The molecule has 0 spiro atoms. The predicted molar refractivity (Wildman–Crippen MR) is 86.5 cm³/mol. The second-order valence-electron chi connectivity index (χ2n) is 6.61. The van der Waals surface area contributed by atoms with Crippen LogP contribution in [0.25, 0.3) is 0 Å². The maximum atomic E-state index is 5.43. The van der Waals surface area contributed by atoms with Crippen LogP contribution in [0.1, 0.15) is 75.3 Å². The van der Waals surface area contributed by atoms with Crippen molar-refractivity contribution in [3.05, 3.63) is 47.6 Å². The molecule has 22 heavy (non-hydrogen) atoms. The van der Waals surface area contributed by atoms with Crippen molar-refractivity contribution in [2.75, 3.05) is 0 Å². The molecule has 1 aliphatic rings. The van der Waals surface area contributed by atoms with Crippen LogP contribution in [0.5, 0.6) is 0 Å². The molecule has 0 bridgehead atoms. The molecule has 4 nitrogen and oxygen atoms in total. The summed E-state index contributed by atoms with van der Waals surface area (Å²) in [6, 6.07) is 11.1. The van der Waals surface area contributed by atoms with E-state index in [-0.39, 0.29) is 6.04 Å². The van der Waals surface area contributed by atoms with Gasteiger partial charge in [0.15, 0.2) is 5.82 Å². The van der Waals surface area contributed by atoms with E-state index in [4.69, 9.17) is 4.52 Å². The molecule has 1 aromatic carbocycles. The Balaban J connectivity index is 1.74. The zero-order valence-corrected chi connectivity index (χ0v) is 13.6. The van der Waals surface area contributed by atoms with Crippen molar-refractivity contribution in [1.29, 1.82) is 0 Å². The maximum Gasteiger partial charge on any atom is 0.243 e. The molecule has 118 valence electrons. The molecule has 1 N–H and O–H groups in total. The molecule has 0 unspecified atom stereocenters. The van der Waals surface area contributed by atoms with E-state index >= 15 is 0 Å². The van der Waals surface area contributed by atoms with Gasteiger partial charge in [0.1, 0.15) is 0 Å². The van der Waals surface area contributed by atoms with Crippen molar-refractivity contribution in [2.45, 2.75) is 58.0 Å². The van der Waals surface area contributed by atoms with Gasteiger partial charge in [0.25, 0.3) is 0 Å². The molecule has 0 amide bonds. The van der Waals surface area contributed by atoms with Gasteiger partial charge >= 0.3 is 0 Å². The summed E-state index contributed by atoms with van der Waals surface area (Å²) in [5, 5.41) is 7.78. The highest BCUT2D eigenvalue weighted by molar-refractivity contribution is 5.20. The first-order chi connectivity index (χ1) is 10.6. The fraction of sp³-hybridized carbons (Fsp3) is 0.556. The number of benzene rings is 1. The minimum absolute atomic E-state index is 0.0609. The molecule has 4 heteroatoms. The lowest BCUT2D eigenvalue weighted by Crippen LogP contribution is -2.34. The van der Waals surface area contributed by atoms with E-state index in [9.17, 15) is 0 Å². The third-order valence-corrected chi connectivity index (χ3v) is 4.55. The number of nitrogens with zero attached hydrogens (tertiary/aromatic N) is 2. The molecule has 1 fully saturated rings. The third kappa shape index (κ3) is 3.22. The Morgan fingerprint density at radius 1 is 1.14 bits per heavy atom. The fourth-order valence-electron chi connectivity index (χ4n) is 2.94. The number of hydrogen-bond donors (Lipinski definition) is 1. The van der Waals surface area contributed by atoms with Gasteiger partial charge < -0.3 is 4.52 Å². The molecule has 2 aromatic rings. The summed E-state index contributed by atoms with van der Waals surface area (Å²) in [5.74, 6) is 2.46. The molecule has 1 heterocycles. The smallest absolute Gasteiger partial charge is 0.243 e. The van der Waals surface area contributed by atoms with Gasteiger partial charge in [-0.25, -0.2) is 0 Å². The second-order valence-corrected chi connectivity index (χ2v) is 6.61. The topological polar surface area (TPSA) is 51.0 Å². The van der Waals surface area contributed by atoms with E-state index in [0.717, 1.165) is 5.82 Å². The summed E-state index contributed by atoms with van der Waals surface area (Å²) in [6.07, 6.45) is 3.92. The van der Waals surface area contributed by atoms with Gasteiger partial charge in [0.05, 0.1) is 6.04 Å². The zero-order chi connectivity index (χ0) is 15.5. The van der Waals surface area contributed by atoms with E-state index in [1.165, 1.54) is 24.8 Å². The van der Waals surface area contributed by atoms with E-state index < -0.39 is 0 Å². The largest absolute Gasteiger partial charge is 0.338 e. The summed E-state index contributed by atoms with van der Waals surface area (Å²) in [6.45, 7) is 6.26. The van der Waals surface area contributed by atoms with Gasteiger partial charge in [-0.2, -0.15) is 4.98 Å². The maximum absolute atomic E-state index is 5.43. The van der Waals surface area contributed by atoms with E-state index in [0.29, 0.717) is 23.8 Å². The van der Waals surface area contributed by atoms with Crippen LogP contribution in [0.4, 0.5) is 0 Å². The Kier molecular flexibility index (Phi) is 4.57. The summed E-state index contributed by atoms with van der Waals surface area (Å²) in [7, 11) is 0. The van der Waals surface area contributed by atoms with Crippen molar-refractivity contribution in [3.63, 3.8) is 0 Å². The molecule has 2 atom stereocenters. The van der Waals surface area contributed by atoms with Gasteiger partial charge in [0.2, 0.25) is 5.89 Å².